The minimum Gasteiger partial charge on any atom is -0.374 e. The zero-order chi connectivity index (χ0) is 14.5. The number of rotatable bonds is 6. The summed E-state index contributed by atoms with van der Waals surface area (Å²) in [5.74, 6) is -0.0350. The third-order valence-corrected chi connectivity index (χ3v) is 4.73. The van der Waals surface area contributed by atoms with Crippen LogP contribution in [0.2, 0.25) is 0 Å². The van der Waals surface area contributed by atoms with Crippen molar-refractivity contribution in [1.29, 1.82) is 0 Å². The Kier molecular flexibility index (Phi) is 5.45. The van der Waals surface area contributed by atoms with Crippen molar-refractivity contribution >= 4 is 22.4 Å². The van der Waals surface area contributed by atoms with Gasteiger partial charge in [-0.25, -0.2) is 0 Å². The van der Waals surface area contributed by atoms with Gasteiger partial charge in [0.15, 0.2) is 0 Å². The van der Waals surface area contributed by atoms with Crippen LogP contribution >= 0.6 is 11.3 Å². The fourth-order valence-electron chi connectivity index (χ4n) is 2.41. The zero-order valence-corrected chi connectivity index (χ0v) is 13.1. The van der Waals surface area contributed by atoms with E-state index in [2.05, 4.69) is 20.4 Å². The van der Waals surface area contributed by atoms with E-state index in [1.807, 2.05) is 14.0 Å². The summed E-state index contributed by atoms with van der Waals surface area (Å²) in [6.07, 6.45) is 4.83. The normalized spacial score (nSPS) is 17.6. The van der Waals surface area contributed by atoms with Gasteiger partial charge in [-0.05, 0) is 26.8 Å². The van der Waals surface area contributed by atoms with Crippen LogP contribution in [0.15, 0.2) is 0 Å². The van der Waals surface area contributed by atoms with E-state index in [0.29, 0.717) is 17.7 Å². The second-order valence-corrected chi connectivity index (χ2v) is 6.23. The maximum Gasteiger partial charge on any atom is 0.240 e. The minimum absolute atomic E-state index is 0.0350. The van der Waals surface area contributed by atoms with Crippen LogP contribution in [-0.2, 0) is 9.53 Å². The Morgan fingerprint density at radius 3 is 2.85 bits per heavy atom. The average molecular weight is 298 g/mol. The molecule has 0 aromatic carbocycles. The number of nitrogens with zero attached hydrogens (tertiary/aromatic N) is 3. The van der Waals surface area contributed by atoms with Crippen molar-refractivity contribution in [2.24, 2.45) is 0 Å². The van der Waals surface area contributed by atoms with E-state index in [9.17, 15) is 4.79 Å². The maximum absolute atomic E-state index is 12.0. The van der Waals surface area contributed by atoms with Gasteiger partial charge in [-0.1, -0.05) is 24.2 Å². The van der Waals surface area contributed by atoms with Crippen LogP contribution < -0.4 is 5.32 Å². The number of anilines is 1. The van der Waals surface area contributed by atoms with Crippen LogP contribution in [0.1, 0.15) is 43.7 Å². The molecule has 1 aromatic heterocycles. The molecular weight excluding hydrogens is 276 g/mol. The van der Waals surface area contributed by atoms with Gasteiger partial charge in [0.25, 0.3) is 0 Å². The number of methoxy groups -OCH3 is 1. The number of ether oxygens (including phenoxy) is 1. The fraction of sp³-hybridized carbons (Fsp3) is 0.769. The van der Waals surface area contributed by atoms with Gasteiger partial charge in [-0.2, -0.15) is 0 Å². The molecule has 1 N–H and O–H groups in total. The lowest BCUT2D eigenvalue weighted by Crippen LogP contribution is -2.36. The second-order valence-electron chi connectivity index (χ2n) is 5.22. The molecular formula is C13H22N4O2S. The van der Waals surface area contributed by atoms with Gasteiger partial charge in [-0.15, -0.1) is 10.2 Å². The Bertz CT molecular complexity index is 445. The molecule has 1 unspecified atom stereocenters. The molecule has 112 valence electrons. The summed E-state index contributed by atoms with van der Waals surface area (Å²) in [4.78, 5) is 14.1. The van der Waals surface area contributed by atoms with Crippen molar-refractivity contribution in [3.05, 3.63) is 5.01 Å². The monoisotopic (exact) mass is 298 g/mol. The first-order valence-electron chi connectivity index (χ1n) is 6.96. The Labute approximate surface area is 123 Å². The number of nitrogens with one attached hydrogen (secondary N) is 1. The Morgan fingerprint density at radius 2 is 2.20 bits per heavy atom. The maximum atomic E-state index is 12.0. The highest BCUT2D eigenvalue weighted by Gasteiger charge is 2.21. The highest BCUT2D eigenvalue weighted by molar-refractivity contribution is 7.15. The van der Waals surface area contributed by atoms with E-state index in [1.54, 1.807) is 7.11 Å². The Balaban J connectivity index is 1.83. The van der Waals surface area contributed by atoms with Gasteiger partial charge in [0.05, 0.1) is 6.54 Å². The number of amides is 1. The van der Waals surface area contributed by atoms with E-state index >= 15 is 0 Å². The lowest BCUT2D eigenvalue weighted by molar-refractivity contribution is -0.117. The number of hydrogen-bond donors (Lipinski definition) is 1. The summed E-state index contributed by atoms with van der Waals surface area (Å²) < 4.78 is 5.17. The number of carbonyl (C=O) groups excluding carboxylic acids is 1. The zero-order valence-electron chi connectivity index (χ0n) is 12.3. The summed E-state index contributed by atoms with van der Waals surface area (Å²) in [6.45, 7) is 2.30. The molecule has 20 heavy (non-hydrogen) atoms. The van der Waals surface area contributed by atoms with Crippen molar-refractivity contribution in [2.45, 2.75) is 44.8 Å². The van der Waals surface area contributed by atoms with Gasteiger partial charge >= 0.3 is 0 Å². The van der Waals surface area contributed by atoms with Gasteiger partial charge in [0.2, 0.25) is 11.0 Å². The van der Waals surface area contributed by atoms with E-state index in [4.69, 9.17) is 4.74 Å². The van der Waals surface area contributed by atoms with E-state index in [1.165, 1.54) is 37.0 Å². The van der Waals surface area contributed by atoms with Crippen LogP contribution in [0.4, 0.5) is 5.13 Å². The van der Waals surface area contributed by atoms with Crippen molar-refractivity contribution in [3.8, 4) is 0 Å². The summed E-state index contributed by atoms with van der Waals surface area (Å²) in [5, 5.41) is 12.1. The first-order valence-corrected chi connectivity index (χ1v) is 7.78. The standard InChI is InChI=1S/C13H22N4O2S/c1-9(19-3)12-15-16-13(20-12)14-11(18)8-17(2)10-6-4-5-7-10/h9-10H,4-8H2,1-3H3,(H,14,16,18). The molecule has 1 aromatic rings. The topological polar surface area (TPSA) is 67.4 Å². The lowest BCUT2D eigenvalue weighted by Gasteiger charge is -2.22. The van der Waals surface area contributed by atoms with E-state index in [-0.39, 0.29) is 12.0 Å². The number of carbonyl (C=O) groups is 1. The highest BCUT2D eigenvalue weighted by Crippen LogP contribution is 2.24. The minimum atomic E-state index is -0.0979. The third-order valence-electron chi connectivity index (χ3n) is 3.73. The molecule has 1 amide bonds. The van der Waals surface area contributed by atoms with Crippen LogP contribution in [0, 0.1) is 0 Å². The fourth-order valence-corrected chi connectivity index (χ4v) is 3.20. The molecule has 6 nitrogen and oxygen atoms in total. The molecule has 7 heteroatoms. The molecule has 1 heterocycles. The second kappa shape index (κ2) is 7.10. The highest BCUT2D eigenvalue weighted by atomic mass is 32.1. The van der Waals surface area contributed by atoms with Crippen LogP contribution in [0.25, 0.3) is 0 Å². The molecule has 1 aliphatic rings. The first kappa shape index (κ1) is 15.3. The van der Waals surface area contributed by atoms with Gasteiger partial charge < -0.3 is 4.74 Å². The molecule has 1 aliphatic carbocycles. The summed E-state index contributed by atoms with van der Waals surface area (Å²) in [7, 11) is 3.63. The predicted molar refractivity (Wildman–Crippen MR) is 78.8 cm³/mol. The molecule has 2 rings (SSSR count). The summed E-state index contributed by atoms with van der Waals surface area (Å²) in [6, 6.07) is 0.541. The van der Waals surface area contributed by atoms with Crippen LogP contribution in [0.3, 0.4) is 0 Å². The molecule has 1 atom stereocenters. The molecule has 0 radical (unpaired) electrons. The first-order chi connectivity index (χ1) is 9.60. The Hall–Kier alpha value is -1.05. The number of likely N-dealkylation sites (N-methyl/N-ethyl adjacent to an activating group) is 1. The number of hydrogen-bond acceptors (Lipinski definition) is 6. The predicted octanol–water partition coefficient (Wildman–Crippen LogP) is 2.06. The van der Waals surface area contributed by atoms with E-state index < -0.39 is 0 Å². The Morgan fingerprint density at radius 1 is 1.50 bits per heavy atom. The SMILES string of the molecule is COC(C)c1nnc(NC(=O)CN(C)C2CCCC2)s1. The van der Waals surface area contributed by atoms with Crippen LogP contribution in [-0.4, -0.2) is 47.7 Å². The van der Waals surface area contributed by atoms with Crippen molar-refractivity contribution in [3.63, 3.8) is 0 Å². The van der Waals surface area contributed by atoms with Crippen molar-refractivity contribution < 1.29 is 9.53 Å². The van der Waals surface area contributed by atoms with Gasteiger partial charge in [0, 0.05) is 13.2 Å². The molecule has 0 spiro atoms. The number of aromatic nitrogens is 2. The van der Waals surface area contributed by atoms with E-state index in [0.717, 1.165) is 5.01 Å². The average Bonchev–Trinajstić information content (AvgIpc) is 3.08. The quantitative estimate of drug-likeness (QED) is 0.870. The molecule has 1 fully saturated rings. The molecule has 1 saturated carbocycles. The molecule has 0 bridgehead atoms. The smallest absolute Gasteiger partial charge is 0.240 e. The van der Waals surface area contributed by atoms with Crippen LogP contribution in [0.5, 0.6) is 0 Å². The van der Waals surface area contributed by atoms with Gasteiger partial charge in [-0.3, -0.25) is 15.0 Å². The third kappa shape index (κ3) is 3.97. The summed E-state index contributed by atoms with van der Waals surface area (Å²) >= 11 is 1.36. The molecule has 0 aliphatic heterocycles. The lowest BCUT2D eigenvalue weighted by atomic mass is 10.2. The summed E-state index contributed by atoms with van der Waals surface area (Å²) in [5.41, 5.74) is 0. The molecule has 0 saturated heterocycles. The van der Waals surface area contributed by atoms with Crippen molar-refractivity contribution in [2.75, 3.05) is 26.0 Å². The van der Waals surface area contributed by atoms with Crippen molar-refractivity contribution in [1.82, 2.24) is 15.1 Å². The largest absolute Gasteiger partial charge is 0.374 e. The van der Waals surface area contributed by atoms with Gasteiger partial charge in [0.1, 0.15) is 11.1 Å².